The van der Waals surface area contributed by atoms with E-state index >= 15 is 0 Å². The normalized spacial score (nSPS) is 11.5. The second-order valence-electron chi connectivity index (χ2n) is 4.79. The molecule has 0 aromatic heterocycles. The van der Waals surface area contributed by atoms with E-state index in [1.807, 2.05) is 13.0 Å². The van der Waals surface area contributed by atoms with Gasteiger partial charge in [-0.2, -0.15) is 13.2 Å². The highest BCUT2D eigenvalue weighted by atomic mass is 19.4. The molecule has 2 aromatic carbocycles. The zero-order chi connectivity index (χ0) is 16.2. The van der Waals surface area contributed by atoms with Gasteiger partial charge in [0.2, 0.25) is 0 Å². The smallest absolute Gasteiger partial charge is 0.377 e. The van der Waals surface area contributed by atoms with Gasteiger partial charge in [0.15, 0.2) is 0 Å². The Balaban J connectivity index is 2.36. The number of hydrogen-bond donors (Lipinski definition) is 0. The van der Waals surface area contributed by atoms with Gasteiger partial charge in [0, 0.05) is 12.2 Å². The second kappa shape index (κ2) is 6.75. The van der Waals surface area contributed by atoms with Crippen LogP contribution in [0.25, 0.3) is 11.1 Å². The van der Waals surface area contributed by atoms with Crippen LogP contribution >= 0.6 is 0 Å². The lowest BCUT2D eigenvalue weighted by Crippen LogP contribution is -2.04. The van der Waals surface area contributed by atoms with Crippen LogP contribution in [0.2, 0.25) is 0 Å². The average Bonchev–Trinajstić information content (AvgIpc) is 2.52. The first kappa shape index (κ1) is 16.2. The van der Waals surface area contributed by atoms with Gasteiger partial charge in [-0.1, -0.05) is 12.1 Å². The lowest BCUT2D eigenvalue weighted by atomic mass is 9.99. The van der Waals surface area contributed by atoms with Gasteiger partial charge in [0.05, 0.1) is 12.2 Å². The van der Waals surface area contributed by atoms with Crippen molar-refractivity contribution in [2.45, 2.75) is 19.7 Å². The lowest BCUT2D eigenvalue weighted by molar-refractivity contribution is -0.137. The summed E-state index contributed by atoms with van der Waals surface area (Å²) in [4.78, 5) is 11.0. The zero-order valence-corrected chi connectivity index (χ0v) is 12.0. The van der Waals surface area contributed by atoms with Crippen LogP contribution in [0.4, 0.5) is 13.2 Å². The number of alkyl halides is 3. The highest BCUT2D eigenvalue weighted by molar-refractivity contribution is 5.79. The van der Waals surface area contributed by atoms with Crippen molar-refractivity contribution in [3.8, 4) is 11.1 Å². The Bertz CT molecular complexity index is 646. The summed E-state index contributed by atoms with van der Waals surface area (Å²) in [6.07, 6.45) is -3.65. The maximum atomic E-state index is 12.6. The van der Waals surface area contributed by atoms with E-state index < -0.39 is 11.7 Å². The molecule has 0 aliphatic carbocycles. The second-order valence-corrected chi connectivity index (χ2v) is 4.79. The van der Waals surface area contributed by atoms with Gasteiger partial charge in [0.25, 0.3) is 0 Å². The lowest BCUT2D eigenvalue weighted by Gasteiger charge is -2.10. The number of benzene rings is 2. The van der Waals surface area contributed by atoms with E-state index in [0.29, 0.717) is 36.2 Å². The van der Waals surface area contributed by atoms with E-state index in [2.05, 4.69) is 0 Å². The van der Waals surface area contributed by atoms with Crippen molar-refractivity contribution in [3.63, 3.8) is 0 Å². The van der Waals surface area contributed by atoms with Crippen molar-refractivity contribution < 1.29 is 22.7 Å². The molecular weight excluding hydrogens is 293 g/mol. The van der Waals surface area contributed by atoms with Gasteiger partial charge >= 0.3 is 6.18 Å². The molecule has 0 bridgehead atoms. The number of carbonyl (C=O) groups excluding carboxylic acids is 1. The largest absolute Gasteiger partial charge is 0.416 e. The van der Waals surface area contributed by atoms with Gasteiger partial charge in [-0.3, -0.25) is 4.79 Å². The number of rotatable bonds is 5. The van der Waals surface area contributed by atoms with Crippen LogP contribution in [0.15, 0.2) is 42.5 Å². The molecule has 0 radical (unpaired) electrons. The summed E-state index contributed by atoms with van der Waals surface area (Å²) in [6.45, 7) is 2.76. The summed E-state index contributed by atoms with van der Waals surface area (Å²) in [5.41, 5.74) is 1.88. The average molecular weight is 308 g/mol. The highest BCUT2D eigenvalue weighted by Crippen LogP contribution is 2.31. The Hall–Kier alpha value is -2.14. The van der Waals surface area contributed by atoms with Crippen molar-refractivity contribution in [2.75, 3.05) is 6.61 Å². The molecule has 0 saturated carbocycles. The summed E-state index contributed by atoms with van der Waals surface area (Å²) >= 11 is 0. The van der Waals surface area contributed by atoms with Crippen LogP contribution in [-0.2, 0) is 17.5 Å². The minimum Gasteiger partial charge on any atom is -0.377 e. The van der Waals surface area contributed by atoms with E-state index in [1.54, 1.807) is 12.1 Å². The molecular formula is C17H15F3O2. The molecule has 0 saturated heterocycles. The third-order valence-corrected chi connectivity index (χ3v) is 3.17. The Morgan fingerprint density at radius 3 is 2.27 bits per heavy atom. The van der Waals surface area contributed by atoms with Gasteiger partial charge in [0.1, 0.15) is 6.29 Å². The Morgan fingerprint density at radius 2 is 1.73 bits per heavy atom. The van der Waals surface area contributed by atoms with Gasteiger partial charge in [-0.15, -0.1) is 0 Å². The minimum absolute atomic E-state index is 0.353. The Kier molecular flexibility index (Phi) is 4.98. The Labute approximate surface area is 126 Å². The van der Waals surface area contributed by atoms with Gasteiger partial charge < -0.3 is 4.74 Å². The maximum absolute atomic E-state index is 12.6. The molecule has 0 unspecified atom stereocenters. The third kappa shape index (κ3) is 3.95. The summed E-state index contributed by atoms with van der Waals surface area (Å²) in [5, 5.41) is 0. The Morgan fingerprint density at radius 1 is 1.05 bits per heavy atom. The monoisotopic (exact) mass is 308 g/mol. The van der Waals surface area contributed by atoms with Crippen LogP contribution < -0.4 is 0 Å². The van der Waals surface area contributed by atoms with Crippen LogP contribution in [0, 0.1) is 0 Å². The third-order valence-electron chi connectivity index (χ3n) is 3.17. The molecule has 0 fully saturated rings. The molecule has 2 nitrogen and oxygen atoms in total. The molecule has 0 N–H and O–H groups in total. The fourth-order valence-corrected chi connectivity index (χ4v) is 2.11. The topological polar surface area (TPSA) is 26.3 Å². The minimum atomic E-state index is -4.36. The molecule has 0 heterocycles. The molecule has 5 heteroatoms. The fraction of sp³-hybridized carbons (Fsp3) is 0.235. The number of ether oxygens (including phenoxy) is 1. The van der Waals surface area contributed by atoms with Crippen LogP contribution in [0.1, 0.15) is 28.4 Å². The summed E-state index contributed by atoms with van der Waals surface area (Å²) in [7, 11) is 0. The van der Waals surface area contributed by atoms with Crippen molar-refractivity contribution >= 4 is 6.29 Å². The molecule has 0 spiro atoms. The predicted molar refractivity (Wildman–Crippen MR) is 77.6 cm³/mol. The molecule has 22 heavy (non-hydrogen) atoms. The van der Waals surface area contributed by atoms with Crippen LogP contribution in [-0.4, -0.2) is 12.9 Å². The molecule has 2 aromatic rings. The van der Waals surface area contributed by atoms with Gasteiger partial charge in [-0.05, 0) is 53.9 Å². The van der Waals surface area contributed by atoms with E-state index in [4.69, 9.17) is 4.74 Å². The number of hydrogen-bond acceptors (Lipinski definition) is 2. The van der Waals surface area contributed by atoms with Crippen molar-refractivity contribution in [2.24, 2.45) is 0 Å². The molecule has 0 amide bonds. The summed E-state index contributed by atoms with van der Waals surface area (Å²) in [5.74, 6) is 0. The van der Waals surface area contributed by atoms with E-state index in [9.17, 15) is 18.0 Å². The highest BCUT2D eigenvalue weighted by Gasteiger charge is 2.29. The first-order valence-corrected chi connectivity index (χ1v) is 6.78. The molecule has 116 valence electrons. The number of carbonyl (C=O) groups is 1. The van der Waals surface area contributed by atoms with Gasteiger partial charge in [-0.25, -0.2) is 0 Å². The number of aldehydes is 1. The van der Waals surface area contributed by atoms with E-state index in [1.165, 1.54) is 12.1 Å². The standard InChI is InChI=1S/C17H15F3O2/c1-2-22-11-13-7-12(10-21)8-15(9-13)14-3-5-16(6-4-14)17(18,19)20/h3-10H,2,11H2,1H3. The van der Waals surface area contributed by atoms with Crippen molar-refractivity contribution in [1.82, 2.24) is 0 Å². The number of halogens is 3. The molecule has 0 aliphatic heterocycles. The van der Waals surface area contributed by atoms with Crippen molar-refractivity contribution in [1.29, 1.82) is 0 Å². The summed E-state index contributed by atoms with van der Waals surface area (Å²) in [6, 6.07) is 10.0. The maximum Gasteiger partial charge on any atom is 0.416 e. The first-order valence-electron chi connectivity index (χ1n) is 6.78. The van der Waals surface area contributed by atoms with Crippen LogP contribution in [0.5, 0.6) is 0 Å². The SMILES string of the molecule is CCOCc1cc(C=O)cc(-c2ccc(C(F)(F)F)cc2)c1. The predicted octanol–water partition coefficient (Wildman–Crippen LogP) is 4.72. The molecule has 2 rings (SSSR count). The van der Waals surface area contributed by atoms with E-state index in [0.717, 1.165) is 17.7 Å². The molecule has 0 aliphatic rings. The van der Waals surface area contributed by atoms with E-state index in [-0.39, 0.29) is 0 Å². The van der Waals surface area contributed by atoms with Crippen LogP contribution in [0.3, 0.4) is 0 Å². The molecule has 0 atom stereocenters. The quantitative estimate of drug-likeness (QED) is 0.747. The van der Waals surface area contributed by atoms with Crippen molar-refractivity contribution in [3.05, 3.63) is 59.2 Å². The first-order chi connectivity index (χ1) is 10.4. The fourth-order valence-electron chi connectivity index (χ4n) is 2.11. The zero-order valence-electron chi connectivity index (χ0n) is 12.0. The summed E-state index contributed by atoms with van der Waals surface area (Å²) < 4.78 is 43.1.